The number of hydrogen-bond acceptors (Lipinski definition) is 5. The van der Waals surface area contributed by atoms with Gasteiger partial charge in [0.2, 0.25) is 0 Å². The molecule has 0 unspecified atom stereocenters. The normalized spacial score (nSPS) is 20.9. The van der Waals surface area contributed by atoms with Crippen LogP contribution in [0.1, 0.15) is 25.7 Å². The van der Waals surface area contributed by atoms with E-state index in [2.05, 4.69) is 32.1 Å². The Morgan fingerprint density at radius 2 is 1.91 bits per heavy atom. The van der Waals surface area contributed by atoms with E-state index in [0.29, 0.717) is 0 Å². The number of aromatic nitrogens is 2. The third-order valence-electron chi connectivity index (χ3n) is 4.97. The van der Waals surface area contributed by atoms with Crippen molar-refractivity contribution in [3.63, 3.8) is 0 Å². The van der Waals surface area contributed by atoms with Crippen LogP contribution in [0.25, 0.3) is 0 Å². The lowest BCUT2D eigenvalue weighted by molar-refractivity contribution is 0.164. The van der Waals surface area contributed by atoms with Crippen molar-refractivity contribution in [1.29, 1.82) is 0 Å². The molecule has 0 saturated carbocycles. The van der Waals surface area contributed by atoms with Crippen molar-refractivity contribution in [2.75, 3.05) is 44.7 Å². The molecule has 1 N–H and O–H groups in total. The van der Waals surface area contributed by atoms with Gasteiger partial charge in [-0.15, -0.1) is 12.4 Å². The third-order valence-corrected chi connectivity index (χ3v) is 4.97. The standard InChI is InChI=1S/C16H27N5.ClH/c1-20(13-14-2-6-17-7-3-14)15-4-10-21(11-5-15)16-12-18-8-9-19-16;/h8-9,12,14-15,17H,2-7,10-11,13H2,1H3;1H. The van der Waals surface area contributed by atoms with Crippen LogP contribution < -0.4 is 10.2 Å². The van der Waals surface area contributed by atoms with Gasteiger partial charge in [-0.05, 0) is 51.7 Å². The summed E-state index contributed by atoms with van der Waals surface area (Å²) in [6.45, 7) is 5.85. The quantitative estimate of drug-likeness (QED) is 0.914. The highest BCUT2D eigenvalue weighted by molar-refractivity contribution is 5.85. The van der Waals surface area contributed by atoms with Gasteiger partial charge >= 0.3 is 0 Å². The average molecular weight is 326 g/mol. The second-order valence-electron chi connectivity index (χ2n) is 6.41. The molecule has 22 heavy (non-hydrogen) atoms. The zero-order valence-electron chi connectivity index (χ0n) is 13.4. The van der Waals surface area contributed by atoms with Gasteiger partial charge in [0.15, 0.2) is 0 Å². The molecule has 3 rings (SSSR count). The Bertz CT molecular complexity index is 416. The van der Waals surface area contributed by atoms with Crippen molar-refractivity contribution in [3.05, 3.63) is 18.6 Å². The fourth-order valence-corrected chi connectivity index (χ4v) is 3.61. The molecular formula is C16H28ClN5. The number of nitrogens with zero attached hydrogens (tertiary/aromatic N) is 4. The Hall–Kier alpha value is -0.910. The van der Waals surface area contributed by atoms with E-state index in [1.54, 1.807) is 12.4 Å². The van der Waals surface area contributed by atoms with Gasteiger partial charge < -0.3 is 15.1 Å². The molecule has 0 bridgehead atoms. The Morgan fingerprint density at radius 3 is 2.55 bits per heavy atom. The average Bonchev–Trinajstić information content (AvgIpc) is 2.57. The first-order chi connectivity index (χ1) is 10.3. The summed E-state index contributed by atoms with van der Waals surface area (Å²) in [6, 6.07) is 0.729. The second kappa shape index (κ2) is 8.65. The molecule has 0 spiro atoms. The highest BCUT2D eigenvalue weighted by Crippen LogP contribution is 2.22. The van der Waals surface area contributed by atoms with E-state index in [1.165, 1.54) is 45.3 Å². The van der Waals surface area contributed by atoms with Crippen molar-refractivity contribution in [1.82, 2.24) is 20.2 Å². The lowest BCUT2D eigenvalue weighted by Gasteiger charge is -2.39. The van der Waals surface area contributed by atoms with Gasteiger partial charge in [-0.3, -0.25) is 4.98 Å². The van der Waals surface area contributed by atoms with E-state index in [4.69, 9.17) is 0 Å². The molecule has 0 radical (unpaired) electrons. The zero-order chi connectivity index (χ0) is 14.5. The summed E-state index contributed by atoms with van der Waals surface area (Å²) in [5.74, 6) is 1.91. The van der Waals surface area contributed by atoms with Crippen molar-refractivity contribution < 1.29 is 0 Å². The number of piperidine rings is 2. The number of hydrogen-bond donors (Lipinski definition) is 1. The minimum atomic E-state index is 0. The molecular weight excluding hydrogens is 298 g/mol. The van der Waals surface area contributed by atoms with E-state index in [1.807, 2.05) is 6.20 Å². The number of halogens is 1. The summed E-state index contributed by atoms with van der Waals surface area (Å²) in [4.78, 5) is 13.5. The van der Waals surface area contributed by atoms with Crippen LogP contribution in [0.4, 0.5) is 5.82 Å². The van der Waals surface area contributed by atoms with Crippen LogP contribution in [0.5, 0.6) is 0 Å². The molecule has 2 saturated heterocycles. The van der Waals surface area contributed by atoms with Crippen molar-refractivity contribution >= 4 is 18.2 Å². The van der Waals surface area contributed by atoms with Gasteiger partial charge in [-0.25, -0.2) is 4.98 Å². The molecule has 2 fully saturated rings. The van der Waals surface area contributed by atoms with E-state index in [9.17, 15) is 0 Å². The van der Waals surface area contributed by atoms with E-state index in [-0.39, 0.29) is 12.4 Å². The van der Waals surface area contributed by atoms with E-state index >= 15 is 0 Å². The van der Waals surface area contributed by atoms with Crippen LogP contribution in [0.3, 0.4) is 0 Å². The molecule has 0 aliphatic carbocycles. The van der Waals surface area contributed by atoms with Gasteiger partial charge in [-0.1, -0.05) is 0 Å². The largest absolute Gasteiger partial charge is 0.355 e. The van der Waals surface area contributed by atoms with Gasteiger partial charge in [0.1, 0.15) is 5.82 Å². The molecule has 1 aromatic rings. The zero-order valence-corrected chi connectivity index (χ0v) is 14.3. The topological polar surface area (TPSA) is 44.3 Å². The van der Waals surface area contributed by atoms with Gasteiger partial charge in [-0.2, -0.15) is 0 Å². The van der Waals surface area contributed by atoms with Gasteiger partial charge in [0.25, 0.3) is 0 Å². The van der Waals surface area contributed by atoms with Crippen LogP contribution in [0.15, 0.2) is 18.6 Å². The van der Waals surface area contributed by atoms with Gasteiger partial charge in [0, 0.05) is 38.1 Å². The minimum Gasteiger partial charge on any atom is -0.355 e. The second-order valence-corrected chi connectivity index (χ2v) is 6.41. The molecule has 2 aliphatic rings. The van der Waals surface area contributed by atoms with Gasteiger partial charge in [0.05, 0.1) is 6.20 Å². The Balaban J connectivity index is 0.00000176. The lowest BCUT2D eigenvalue weighted by atomic mass is 9.95. The Kier molecular flexibility index (Phi) is 6.86. The predicted molar refractivity (Wildman–Crippen MR) is 92.7 cm³/mol. The maximum absolute atomic E-state index is 4.41. The fourth-order valence-electron chi connectivity index (χ4n) is 3.61. The lowest BCUT2D eigenvalue weighted by Crippen LogP contribution is -2.46. The molecule has 5 nitrogen and oxygen atoms in total. The molecule has 6 heteroatoms. The third kappa shape index (κ3) is 4.54. The monoisotopic (exact) mass is 325 g/mol. The van der Waals surface area contributed by atoms with Crippen LogP contribution in [-0.4, -0.2) is 60.7 Å². The SMILES string of the molecule is CN(CC1CCNCC1)C1CCN(c2cnccn2)CC1.Cl. The molecule has 3 heterocycles. The van der Waals surface area contributed by atoms with Crippen molar-refractivity contribution in [2.45, 2.75) is 31.7 Å². The van der Waals surface area contributed by atoms with E-state index in [0.717, 1.165) is 30.9 Å². The fraction of sp³-hybridized carbons (Fsp3) is 0.750. The van der Waals surface area contributed by atoms with E-state index < -0.39 is 0 Å². The number of rotatable bonds is 4. The van der Waals surface area contributed by atoms with Crippen LogP contribution >= 0.6 is 12.4 Å². The number of anilines is 1. The maximum Gasteiger partial charge on any atom is 0.147 e. The molecule has 124 valence electrons. The maximum atomic E-state index is 4.41. The molecule has 0 atom stereocenters. The first-order valence-electron chi connectivity index (χ1n) is 8.25. The summed E-state index contributed by atoms with van der Waals surface area (Å²) in [6.07, 6.45) is 10.5. The summed E-state index contributed by atoms with van der Waals surface area (Å²) in [5.41, 5.74) is 0. The van der Waals surface area contributed by atoms with Crippen molar-refractivity contribution in [3.8, 4) is 0 Å². The highest BCUT2D eigenvalue weighted by atomic mass is 35.5. The summed E-state index contributed by atoms with van der Waals surface area (Å²) in [7, 11) is 2.31. The summed E-state index contributed by atoms with van der Waals surface area (Å²) in [5, 5.41) is 3.45. The highest BCUT2D eigenvalue weighted by Gasteiger charge is 2.25. The van der Waals surface area contributed by atoms with Crippen molar-refractivity contribution in [2.24, 2.45) is 5.92 Å². The summed E-state index contributed by atoms with van der Waals surface area (Å²) < 4.78 is 0. The minimum absolute atomic E-state index is 0. The molecule has 1 aromatic heterocycles. The van der Waals surface area contributed by atoms with Crippen LogP contribution in [0, 0.1) is 5.92 Å². The number of nitrogens with one attached hydrogen (secondary N) is 1. The smallest absolute Gasteiger partial charge is 0.147 e. The Morgan fingerprint density at radius 1 is 1.18 bits per heavy atom. The molecule has 0 aromatic carbocycles. The predicted octanol–water partition coefficient (Wildman–Crippen LogP) is 1.80. The Labute approximate surface area is 139 Å². The molecule has 0 amide bonds. The van der Waals surface area contributed by atoms with Crippen LogP contribution in [0.2, 0.25) is 0 Å². The first kappa shape index (κ1) is 17.4. The summed E-state index contributed by atoms with van der Waals surface area (Å²) >= 11 is 0. The molecule has 2 aliphatic heterocycles. The first-order valence-corrected chi connectivity index (χ1v) is 8.25. The van der Waals surface area contributed by atoms with Crippen LogP contribution in [-0.2, 0) is 0 Å².